The Morgan fingerprint density at radius 1 is 1.09 bits per heavy atom. The molecular weight excluding hydrogens is 424 g/mol. The van der Waals surface area contributed by atoms with Gasteiger partial charge in [0.25, 0.3) is 5.56 Å². The van der Waals surface area contributed by atoms with Gasteiger partial charge in [0.1, 0.15) is 5.75 Å². The van der Waals surface area contributed by atoms with Crippen molar-refractivity contribution in [3.8, 4) is 5.75 Å². The van der Waals surface area contributed by atoms with Gasteiger partial charge in [0.2, 0.25) is 5.89 Å². The van der Waals surface area contributed by atoms with Crippen molar-refractivity contribution in [3.05, 3.63) is 76.2 Å². The molecule has 4 aromatic rings. The van der Waals surface area contributed by atoms with Crippen molar-refractivity contribution in [2.75, 3.05) is 7.11 Å². The van der Waals surface area contributed by atoms with Crippen molar-refractivity contribution < 1.29 is 9.26 Å². The first-order chi connectivity index (χ1) is 15.3. The number of fused-ring (bicyclic) bond motifs is 1. The normalized spacial score (nSPS) is 12.8. The van der Waals surface area contributed by atoms with Crippen molar-refractivity contribution in [2.45, 2.75) is 50.1 Å². The quantitative estimate of drug-likeness (QED) is 0.302. The van der Waals surface area contributed by atoms with Crippen LogP contribution in [0.2, 0.25) is 0 Å². The molecule has 0 fully saturated rings. The van der Waals surface area contributed by atoms with E-state index < -0.39 is 0 Å². The van der Waals surface area contributed by atoms with Gasteiger partial charge in [-0.3, -0.25) is 9.36 Å². The van der Waals surface area contributed by atoms with Gasteiger partial charge in [-0.1, -0.05) is 62.0 Å². The average Bonchev–Trinajstić information content (AvgIpc) is 3.28. The lowest BCUT2D eigenvalue weighted by atomic mass is 9.96. The number of ether oxygens (including phenoxy) is 1. The van der Waals surface area contributed by atoms with Gasteiger partial charge in [0.05, 0.1) is 29.8 Å². The first-order valence-electron chi connectivity index (χ1n) is 10.4. The topological polar surface area (TPSA) is 83.0 Å². The van der Waals surface area contributed by atoms with Gasteiger partial charge in [0.15, 0.2) is 11.0 Å². The fraction of sp³-hybridized carbons (Fsp3) is 0.333. The first kappa shape index (κ1) is 22.1. The summed E-state index contributed by atoms with van der Waals surface area (Å²) in [5.41, 5.74) is 1.36. The number of aromatic nitrogens is 4. The van der Waals surface area contributed by atoms with E-state index in [1.54, 1.807) is 17.7 Å². The maximum atomic E-state index is 13.4. The molecule has 0 saturated carbocycles. The lowest BCUT2D eigenvalue weighted by molar-refractivity contribution is 0.364. The van der Waals surface area contributed by atoms with Crippen LogP contribution in [0.1, 0.15) is 50.2 Å². The molecule has 32 heavy (non-hydrogen) atoms. The fourth-order valence-electron chi connectivity index (χ4n) is 3.20. The van der Waals surface area contributed by atoms with Gasteiger partial charge in [-0.2, -0.15) is 4.98 Å². The Morgan fingerprint density at radius 3 is 2.47 bits per heavy atom. The summed E-state index contributed by atoms with van der Waals surface area (Å²) in [7, 11) is 1.63. The van der Waals surface area contributed by atoms with Crippen molar-refractivity contribution >= 4 is 22.7 Å². The fourth-order valence-corrected chi connectivity index (χ4v) is 4.14. The molecule has 2 aromatic heterocycles. The molecule has 7 nitrogen and oxygen atoms in total. The second-order valence-electron chi connectivity index (χ2n) is 8.62. The van der Waals surface area contributed by atoms with Crippen LogP contribution in [-0.2, 0) is 12.0 Å². The van der Waals surface area contributed by atoms with Crippen LogP contribution in [-0.4, -0.2) is 26.8 Å². The van der Waals surface area contributed by atoms with E-state index in [2.05, 4.69) is 10.1 Å². The minimum Gasteiger partial charge on any atom is -0.497 e. The number of benzene rings is 2. The Bertz CT molecular complexity index is 1290. The molecule has 0 spiro atoms. The molecule has 166 valence electrons. The summed E-state index contributed by atoms with van der Waals surface area (Å²) in [5.74, 6) is 1.94. The van der Waals surface area contributed by atoms with Crippen LogP contribution < -0.4 is 10.3 Å². The lowest BCUT2D eigenvalue weighted by Crippen LogP contribution is -2.24. The number of nitrogens with zero attached hydrogens (tertiary/aromatic N) is 4. The molecule has 0 aliphatic heterocycles. The molecule has 1 unspecified atom stereocenters. The summed E-state index contributed by atoms with van der Waals surface area (Å²) in [4.78, 5) is 22.7. The van der Waals surface area contributed by atoms with Gasteiger partial charge in [-0.15, -0.1) is 0 Å². The van der Waals surface area contributed by atoms with E-state index in [1.807, 2.05) is 70.2 Å². The average molecular weight is 451 g/mol. The molecule has 0 bridgehead atoms. The van der Waals surface area contributed by atoms with Gasteiger partial charge in [-0.05, 0) is 36.8 Å². The van der Waals surface area contributed by atoms with Crippen LogP contribution in [0.5, 0.6) is 5.75 Å². The number of rotatable bonds is 6. The molecule has 0 saturated heterocycles. The van der Waals surface area contributed by atoms with Gasteiger partial charge >= 0.3 is 0 Å². The smallest absolute Gasteiger partial charge is 0.262 e. The van der Waals surface area contributed by atoms with Gasteiger partial charge < -0.3 is 9.26 Å². The summed E-state index contributed by atoms with van der Waals surface area (Å²) in [5, 5.41) is 5.14. The van der Waals surface area contributed by atoms with E-state index >= 15 is 0 Å². The SMILES string of the molecule is COc1ccc(Cn2c(SC(C)c3nc(C(C)(C)C)no3)nc3ccccc3c2=O)cc1. The largest absolute Gasteiger partial charge is 0.497 e. The lowest BCUT2D eigenvalue weighted by Gasteiger charge is -2.15. The van der Waals surface area contributed by atoms with Gasteiger partial charge in [-0.25, -0.2) is 4.98 Å². The molecule has 4 rings (SSSR count). The van der Waals surface area contributed by atoms with Crippen molar-refractivity contribution in [3.63, 3.8) is 0 Å². The molecule has 8 heteroatoms. The second kappa shape index (κ2) is 8.78. The van der Waals surface area contributed by atoms with E-state index in [0.29, 0.717) is 34.3 Å². The summed E-state index contributed by atoms with van der Waals surface area (Å²) in [6.45, 7) is 8.49. The van der Waals surface area contributed by atoms with Crippen molar-refractivity contribution in [1.29, 1.82) is 0 Å². The minimum atomic E-state index is -0.205. The molecular formula is C24H26N4O3S. The number of methoxy groups -OCH3 is 1. The van der Waals surface area contributed by atoms with Crippen LogP contribution in [0.25, 0.3) is 10.9 Å². The van der Waals surface area contributed by atoms with E-state index in [1.165, 1.54) is 11.8 Å². The van der Waals surface area contributed by atoms with Crippen LogP contribution in [0, 0.1) is 0 Å². The minimum absolute atomic E-state index is 0.0815. The third-order valence-electron chi connectivity index (χ3n) is 5.07. The number of hydrogen-bond acceptors (Lipinski definition) is 7. The number of thioether (sulfide) groups is 1. The third kappa shape index (κ3) is 4.55. The maximum absolute atomic E-state index is 13.4. The maximum Gasteiger partial charge on any atom is 0.262 e. The Balaban J connectivity index is 1.72. The summed E-state index contributed by atoms with van der Waals surface area (Å²) < 4.78 is 12.5. The van der Waals surface area contributed by atoms with Crippen LogP contribution in [0.3, 0.4) is 0 Å². The monoisotopic (exact) mass is 450 g/mol. The van der Waals surface area contributed by atoms with Crippen LogP contribution >= 0.6 is 11.8 Å². The Kier molecular flexibility index (Phi) is 6.06. The Hall–Kier alpha value is -3.13. The highest BCUT2D eigenvalue weighted by Crippen LogP contribution is 2.34. The second-order valence-corrected chi connectivity index (χ2v) is 9.93. The van der Waals surface area contributed by atoms with Gasteiger partial charge in [0, 0.05) is 5.41 Å². The summed E-state index contributed by atoms with van der Waals surface area (Å²) >= 11 is 1.43. The zero-order valence-corrected chi connectivity index (χ0v) is 19.6. The summed E-state index contributed by atoms with van der Waals surface area (Å²) in [6, 6.07) is 15.1. The molecule has 0 aliphatic rings. The first-order valence-corrected chi connectivity index (χ1v) is 11.3. The molecule has 2 aromatic carbocycles. The van der Waals surface area contributed by atoms with Crippen molar-refractivity contribution in [2.24, 2.45) is 0 Å². The highest BCUT2D eigenvalue weighted by molar-refractivity contribution is 7.99. The van der Waals surface area contributed by atoms with E-state index in [-0.39, 0.29) is 16.2 Å². The molecule has 0 aliphatic carbocycles. The highest BCUT2D eigenvalue weighted by Gasteiger charge is 2.25. The Labute approximate surface area is 190 Å². The van der Waals surface area contributed by atoms with E-state index in [9.17, 15) is 4.79 Å². The molecule has 0 radical (unpaired) electrons. The zero-order chi connectivity index (χ0) is 22.9. The van der Waals surface area contributed by atoms with E-state index in [0.717, 1.165) is 11.3 Å². The number of hydrogen-bond donors (Lipinski definition) is 0. The van der Waals surface area contributed by atoms with Crippen LogP contribution in [0.4, 0.5) is 0 Å². The number of para-hydroxylation sites is 1. The predicted octanol–water partition coefficient (Wildman–Crippen LogP) is 4.99. The van der Waals surface area contributed by atoms with Crippen molar-refractivity contribution in [1.82, 2.24) is 19.7 Å². The molecule has 0 amide bonds. The zero-order valence-electron chi connectivity index (χ0n) is 18.8. The molecule has 2 heterocycles. The highest BCUT2D eigenvalue weighted by atomic mass is 32.2. The molecule has 0 N–H and O–H groups in total. The summed E-state index contributed by atoms with van der Waals surface area (Å²) in [6.07, 6.45) is 0. The molecule has 1 atom stereocenters. The Morgan fingerprint density at radius 2 is 1.81 bits per heavy atom. The van der Waals surface area contributed by atoms with Crippen LogP contribution in [0.15, 0.2) is 63.0 Å². The standard InChI is InChI=1S/C24H26N4O3S/c1-15(20-26-22(27-31-20)24(2,3)4)32-23-25-19-9-7-6-8-18(19)21(29)28(23)14-16-10-12-17(30-5)13-11-16/h6-13,15H,14H2,1-5H3. The van der Waals surface area contributed by atoms with E-state index in [4.69, 9.17) is 14.2 Å². The third-order valence-corrected chi connectivity index (χ3v) is 6.15. The predicted molar refractivity (Wildman–Crippen MR) is 125 cm³/mol.